The van der Waals surface area contributed by atoms with Gasteiger partial charge in [-0.05, 0) is 37.1 Å². The molecule has 0 aliphatic heterocycles. The molecule has 0 spiro atoms. The van der Waals surface area contributed by atoms with Gasteiger partial charge in [0.1, 0.15) is 12.6 Å². The second-order valence-corrected chi connectivity index (χ2v) is 9.27. The van der Waals surface area contributed by atoms with E-state index in [2.05, 4.69) is 5.32 Å². The molecule has 2 rings (SSSR count). The van der Waals surface area contributed by atoms with Gasteiger partial charge in [0.15, 0.2) is 0 Å². The Labute approximate surface area is 182 Å². The highest BCUT2D eigenvalue weighted by atomic mass is 35.5. The first kappa shape index (κ1) is 23.7. The third-order valence-electron chi connectivity index (χ3n) is 4.80. The SMILES string of the molecule is CNC(=O)[C@H](C)N(Cc1ccccc1)C(=O)CN(c1cccc(Cl)c1C)S(C)(=O)=O. The van der Waals surface area contributed by atoms with Crippen LogP contribution in [-0.2, 0) is 26.2 Å². The molecule has 2 aromatic rings. The molecule has 1 atom stereocenters. The van der Waals surface area contributed by atoms with Gasteiger partial charge in [-0.3, -0.25) is 13.9 Å². The maximum Gasteiger partial charge on any atom is 0.244 e. The third kappa shape index (κ3) is 5.73. The largest absolute Gasteiger partial charge is 0.357 e. The lowest BCUT2D eigenvalue weighted by molar-refractivity contribution is -0.139. The van der Waals surface area contributed by atoms with Crippen LogP contribution in [0.25, 0.3) is 0 Å². The summed E-state index contributed by atoms with van der Waals surface area (Å²) < 4.78 is 26.0. The summed E-state index contributed by atoms with van der Waals surface area (Å²) >= 11 is 6.16. The van der Waals surface area contributed by atoms with Crippen LogP contribution in [0.4, 0.5) is 5.69 Å². The van der Waals surface area contributed by atoms with E-state index < -0.39 is 28.5 Å². The number of nitrogens with one attached hydrogen (secondary N) is 1. The van der Waals surface area contributed by atoms with Gasteiger partial charge >= 0.3 is 0 Å². The summed E-state index contributed by atoms with van der Waals surface area (Å²) in [6.07, 6.45) is 1.03. The lowest BCUT2D eigenvalue weighted by Gasteiger charge is -2.31. The molecule has 9 heteroatoms. The third-order valence-corrected chi connectivity index (χ3v) is 6.33. The highest BCUT2D eigenvalue weighted by Crippen LogP contribution is 2.28. The molecule has 0 aliphatic carbocycles. The van der Waals surface area contributed by atoms with E-state index in [4.69, 9.17) is 11.6 Å². The molecule has 0 aliphatic rings. The van der Waals surface area contributed by atoms with E-state index in [1.54, 1.807) is 32.0 Å². The molecular formula is C21H26ClN3O4S. The number of anilines is 1. The smallest absolute Gasteiger partial charge is 0.244 e. The van der Waals surface area contributed by atoms with E-state index in [1.165, 1.54) is 11.9 Å². The minimum absolute atomic E-state index is 0.167. The number of hydrogen-bond donors (Lipinski definition) is 1. The van der Waals surface area contributed by atoms with E-state index in [0.717, 1.165) is 16.1 Å². The Morgan fingerprint density at radius 3 is 2.30 bits per heavy atom. The Kier molecular flexibility index (Phi) is 7.86. The number of halogens is 1. The van der Waals surface area contributed by atoms with Crippen molar-refractivity contribution in [2.75, 3.05) is 24.2 Å². The van der Waals surface area contributed by atoms with Crippen LogP contribution < -0.4 is 9.62 Å². The molecule has 0 saturated carbocycles. The second-order valence-electron chi connectivity index (χ2n) is 6.95. The Balaban J connectivity index is 2.41. The summed E-state index contributed by atoms with van der Waals surface area (Å²) in [7, 11) is -2.30. The second kappa shape index (κ2) is 9.95. The summed E-state index contributed by atoms with van der Waals surface area (Å²) in [6.45, 7) is 3.01. The first-order valence-corrected chi connectivity index (χ1v) is 11.6. The van der Waals surface area contributed by atoms with Gasteiger partial charge in [-0.25, -0.2) is 8.42 Å². The van der Waals surface area contributed by atoms with Gasteiger partial charge in [-0.15, -0.1) is 0 Å². The summed E-state index contributed by atoms with van der Waals surface area (Å²) in [5, 5.41) is 2.93. The van der Waals surface area contributed by atoms with Gasteiger partial charge in [0, 0.05) is 18.6 Å². The molecule has 0 saturated heterocycles. The van der Waals surface area contributed by atoms with Gasteiger partial charge in [0.25, 0.3) is 0 Å². The fourth-order valence-electron chi connectivity index (χ4n) is 3.03. The van der Waals surface area contributed by atoms with E-state index in [0.29, 0.717) is 16.3 Å². The molecular weight excluding hydrogens is 426 g/mol. The summed E-state index contributed by atoms with van der Waals surface area (Å²) in [6, 6.07) is 13.3. The predicted molar refractivity (Wildman–Crippen MR) is 119 cm³/mol. The van der Waals surface area contributed by atoms with Crippen molar-refractivity contribution >= 4 is 39.1 Å². The van der Waals surface area contributed by atoms with Crippen molar-refractivity contribution in [1.82, 2.24) is 10.2 Å². The van der Waals surface area contributed by atoms with Crippen molar-refractivity contribution in [3.8, 4) is 0 Å². The zero-order valence-electron chi connectivity index (χ0n) is 17.4. The molecule has 0 unspecified atom stereocenters. The van der Waals surface area contributed by atoms with Gasteiger partial charge in [-0.2, -0.15) is 0 Å². The maximum atomic E-state index is 13.2. The number of hydrogen-bond acceptors (Lipinski definition) is 4. The standard InChI is InChI=1S/C21H26ClN3O4S/c1-15-18(22)11-8-12-19(15)25(30(4,28)29)14-20(26)24(16(2)21(27)23-3)13-17-9-6-5-7-10-17/h5-12,16H,13-14H2,1-4H3,(H,23,27)/t16-/m0/s1. The molecule has 0 radical (unpaired) electrons. The molecule has 162 valence electrons. The van der Waals surface area contributed by atoms with Gasteiger partial charge in [-0.1, -0.05) is 48.0 Å². The molecule has 1 N–H and O–H groups in total. The van der Waals surface area contributed by atoms with E-state index >= 15 is 0 Å². The number of likely N-dealkylation sites (N-methyl/N-ethyl adjacent to an activating group) is 1. The van der Waals surface area contributed by atoms with Crippen molar-refractivity contribution in [2.45, 2.75) is 26.4 Å². The van der Waals surface area contributed by atoms with Crippen LogP contribution in [-0.4, -0.2) is 51.0 Å². The number of sulfonamides is 1. The quantitative estimate of drug-likeness (QED) is 0.668. The number of amides is 2. The van der Waals surface area contributed by atoms with Gasteiger partial charge in [0.2, 0.25) is 21.8 Å². The fraction of sp³-hybridized carbons (Fsp3) is 0.333. The van der Waals surface area contributed by atoms with Crippen molar-refractivity contribution < 1.29 is 18.0 Å². The maximum absolute atomic E-state index is 13.2. The van der Waals surface area contributed by atoms with Crippen molar-refractivity contribution in [3.63, 3.8) is 0 Å². The Bertz CT molecular complexity index is 1010. The number of benzene rings is 2. The van der Waals surface area contributed by atoms with E-state index in [-0.39, 0.29) is 12.5 Å². The highest BCUT2D eigenvalue weighted by Gasteiger charge is 2.30. The van der Waals surface area contributed by atoms with Gasteiger partial charge in [0.05, 0.1) is 11.9 Å². The molecule has 0 heterocycles. The molecule has 0 aromatic heterocycles. The summed E-state index contributed by atoms with van der Waals surface area (Å²) in [4.78, 5) is 26.9. The van der Waals surface area contributed by atoms with Crippen molar-refractivity contribution in [3.05, 3.63) is 64.7 Å². The van der Waals surface area contributed by atoms with E-state index in [1.807, 2.05) is 30.3 Å². The monoisotopic (exact) mass is 451 g/mol. The van der Waals surface area contributed by atoms with Crippen LogP contribution in [0.15, 0.2) is 48.5 Å². The van der Waals surface area contributed by atoms with Crippen LogP contribution in [0.2, 0.25) is 5.02 Å². The molecule has 2 aromatic carbocycles. The molecule has 0 fully saturated rings. The van der Waals surface area contributed by atoms with Crippen LogP contribution >= 0.6 is 11.6 Å². The van der Waals surface area contributed by atoms with Gasteiger partial charge < -0.3 is 10.2 Å². The Morgan fingerprint density at radius 1 is 1.10 bits per heavy atom. The lowest BCUT2D eigenvalue weighted by atomic mass is 10.1. The summed E-state index contributed by atoms with van der Waals surface area (Å²) in [5.74, 6) is -0.844. The van der Waals surface area contributed by atoms with E-state index in [9.17, 15) is 18.0 Å². The predicted octanol–water partition coefficient (Wildman–Crippen LogP) is 2.58. The van der Waals surface area contributed by atoms with Crippen LogP contribution in [0.1, 0.15) is 18.1 Å². The average Bonchev–Trinajstić information content (AvgIpc) is 2.71. The van der Waals surface area contributed by atoms with Crippen LogP contribution in [0.5, 0.6) is 0 Å². The summed E-state index contributed by atoms with van der Waals surface area (Å²) in [5.41, 5.74) is 1.70. The van der Waals surface area contributed by atoms with Crippen molar-refractivity contribution in [1.29, 1.82) is 0 Å². The number of nitrogens with zero attached hydrogens (tertiary/aromatic N) is 2. The zero-order chi connectivity index (χ0) is 22.5. The Hall–Kier alpha value is -2.58. The minimum atomic E-state index is -3.78. The number of carbonyl (C=O) groups excluding carboxylic acids is 2. The molecule has 0 bridgehead atoms. The molecule has 30 heavy (non-hydrogen) atoms. The molecule has 7 nitrogen and oxygen atoms in total. The first-order chi connectivity index (χ1) is 14.1. The topological polar surface area (TPSA) is 86.8 Å². The fourth-order valence-corrected chi connectivity index (χ4v) is 4.10. The van der Waals surface area contributed by atoms with Crippen LogP contribution in [0, 0.1) is 6.92 Å². The first-order valence-electron chi connectivity index (χ1n) is 9.34. The average molecular weight is 452 g/mol. The number of rotatable bonds is 8. The van der Waals surface area contributed by atoms with Crippen molar-refractivity contribution in [2.24, 2.45) is 0 Å². The lowest BCUT2D eigenvalue weighted by Crippen LogP contribution is -2.50. The Morgan fingerprint density at radius 2 is 1.73 bits per heavy atom. The zero-order valence-corrected chi connectivity index (χ0v) is 19.0. The minimum Gasteiger partial charge on any atom is -0.357 e. The highest BCUT2D eigenvalue weighted by molar-refractivity contribution is 7.92. The number of carbonyl (C=O) groups is 2. The molecule has 2 amide bonds. The van der Waals surface area contributed by atoms with Crippen LogP contribution in [0.3, 0.4) is 0 Å². The normalized spacial score (nSPS) is 12.2.